The van der Waals surface area contributed by atoms with Crippen molar-refractivity contribution in [2.24, 2.45) is 0 Å². The van der Waals surface area contributed by atoms with E-state index in [1.54, 1.807) is 13.2 Å². The van der Waals surface area contributed by atoms with E-state index in [1.165, 1.54) is 6.26 Å². The molecule has 7 heteroatoms. The van der Waals surface area contributed by atoms with Gasteiger partial charge in [-0.05, 0) is 34.8 Å². The third-order valence-electron chi connectivity index (χ3n) is 4.55. The Morgan fingerprint density at radius 1 is 1.31 bits per heavy atom. The van der Waals surface area contributed by atoms with Gasteiger partial charge in [0.15, 0.2) is 4.67 Å². The van der Waals surface area contributed by atoms with E-state index >= 15 is 0 Å². The molecule has 1 fully saturated rings. The number of para-hydroxylation sites is 1. The summed E-state index contributed by atoms with van der Waals surface area (Å²) in [5.74, 6) is 0.658. The van der Waals surface area contributed by atoms with Crippen LogP contribution in [0.3, 0.4) is 0 Å². The van der Waals surface area contributed by atoms with E-state index in [4.69, 9.17) is 9.15 Å². The molecular weight excluding hydrogens is 400 g/mol. The fourth-order valence-corrected chi connectivity index (χ4v) is 3.43. The molecule has 0 unspecified atom stereocenters. The van der Waals surface area contributed by atoms with Gasteiger partial charge >= 0.3 is 0 Å². The second kappa shape index (κ2) is 8.40. The number of piperidine rings is 1. The lowest BCUT2D eigenvalue weighted by Crippen LogP contribution is -2.46. The van der Waals surface area contributed by atoms with Crippen LogP contribution in [-0.4, -0.2) is 43.0 Å². The molecule has 0 aliphatic carbocycles. The molecule has 1 aliphatic rings. The molecular formula is C19H21BrN2O4. The average molecular weight is 421 g/mol. The molecule has 26 heavy (non-hydrogen) atoms. The van der Waals surface area contributed by atoms with Crippen molar-refractivity contribution in [2.75, 3.05) is 20.2 Å². The molecule has 2 heterocycles. The van der Waals surface area contributed by atoms with Crippen LogP contribution in [0.25, 0.3) is 0 Å². The Morgan fingerprint density at radius 2 is 2.04 bits per heavy atom. The van der Waals surface area contributed by atoms with Gasteiger partial charge in [-0.25, -0.2) is 0 Å². The molecule has 2 aromatic rings. The third kappa shape index (κ3) is 4.46. The van der Waals surface area contributed by atoms with Gasteiger partial charge in [0, 0.05) is 30.8 Å². The first-order valence-corrected chi connectivity index (χ1v) is 9.30. The predicted molar refractivity (Wildman–Crippen MR) is 100 cm³/mol. The number of benzene rings is 1. The standard InChI is InChI=1S/C19H21BrN2O4/c1-25-16-5-3-2-4-13(16)11-18(23)22-8-6-15(7-9-22)21-19(24)14-10-17(20)26-12-14/h2-5,10,12,15H,6-9,11H2,1H3,(H,21,24). The number of halogens is 1. The number of hydrogen-bond acceptors (Lipinski definition) is 4. The van der Waals surface area contributed by atoms with Gasteiger partial charge in [-0.1, -0.05) is 18.2 Å². The number of amides is 2. The summed E-state index contributed by atoms with van der Waals surface area (Å²) in [7, 11) is 1.61. The zero-order valence-corrected chi connectivity index (χ0v) is 16.1. The highest BCUT2D eigenvalue weighted by Crippen LogP contribution is 2.20. The molecule has 1 N–H and O–H groups in total. The summed E-state index contributed by atoms with van der Waals surface area (Å²) >= 11 is 3.19. The summed E-state index contributed by atoms with van der Waals surface area (Å²) in [5, 5.41) is 3.00. The number of likely N-dealkylation sites (tertiary alicyclic amines) is 1. The number of ether oxygens (including phenoxy) is 1. The summed E-state index contributed by atoms with van der Waals surface area (Å²) in [6.45, 7) is 1.27. The van der Waals surface area contributed by atoms with Crippen LogP contribution in [0.15, 0.2) is 45.7 Å². The normalized spacial score (nSPS) is 14.9. The first-order chi connectivity index (χ1) is 12.6. The predicted octanol–water partition coefficient (Wildman–Crippen LogP) is 3.01. The monoisotopic (exact) mass is 420 g/mol. The zero-order valence-electron chi connectivity index (χ0n) is 14.5. The maximum Gasteiger partial charge on any atom is 0.254 e. The van der Waals surface area contributed by atoms with E-state index < -0.39 is 0 Å². The van der Waals surface area contributed by atoms with Gasteiger partial charge in [0.2, 0.25) is 5.91 Å². The van der Waals surface area contributed by atoms with Crippen LogP contribution in [0.5, 0.6) is 5.75 Å². The Kier molecular flexibility index (Phi) is 5.98. The molecule has 6 nitrogen and oxygen atoms in total. The van der Waals surface area contributed by atoms with Crippen molar-refractivity contribution in [3.05, 3.63) is 52.4 Å². The molecule has 3 rings (SSSR count). The molecule has 2 amide bonds. The molecule has 1 aromatic carbocycles. The lowest BCUT2D eigenvalue weighted by Gasteiger charge is -2.32. The Hall–Kier alpha value is -2.28. The number of carbonyl (C=O) groups excluding carboxylic acids is 2. The molecule has 1 aromatic heterocycles. The first-order valence-electron chi connectivity index (χ1n) is 8.51. The quantitative estimate of drug-likeness (QED) is 0.806. The van der Waals surface area contributed by atoms with E-state index in [2.05, 4.69) is 21.2 Å². The van der Waals surface area contributed by atoms with Gasteiger partial charge in [-0.2, -0.15) is 0 Å². The Morgan fingerprint density at radius 3 is 2.69 bits per heavy atom. The summed E-state index contributed by atoms with van der Waals surface area (Å²) in [5.41, 5.74) is 1.38. The number of carbonyl (C=O) groups is 2. The topological polar surface area (TPSA) is 71.8 Å². The van der Waals surface area contributed by atoms with Gasteiger partial charge in [-0.15, -0.1) is 0 Å². The highest BCUT2D eigenvalue weighted by Gasteiger charge is 2.25. The van der Waals surface area contributed by atoms with Crippen molar-refractivity contribution in [1.29, 1.82) is 0 Å². The average Bonchev–Trinajstić information content (AvgIpc) is 3.09. The number of rotatable bonds is 5. The maximum atomic E-state index is 12.6. The molecule has 138 valence electrons. The lowest BCUT2D eigenvalue weighted by atomic mass is 10.0. The third-order valence-corrected chi connectivity index (χ3v) is 4.96. The second-order valence-corrected chi connectivity index (χ2v) is 7.04. The number of nitrogens with zero attached hydrogens (tertiary/aromatic N) is 1. The molecule has 0 bridgehead atoms. The van der Waals surface area contributed by atoms with E-state index in [0.717, 1.165) is 24.2 Å². The smallest absolute Gasteiger partial charge is 0.254 e. The minimum atomic E-state index is -0.154. The Balaban J connectivity index is 1.50. The fourth-order valence-electron chi connectivity index (χ4n) is 3.09. The second-order valence-electron chi connectivity index (χ2n) is 6.26. The SMILES string of the molecule is COc1ccccc1CC(=O)N1CCC(NC(=O)c2coc(Br)c2)CC1. The van der Waals surface area contributed by atoms with Gasteiger partial charge in [-0.3, -0.25) is 9.59 Å². The van der Waals surface area contributed by atoms with Gasteiger partial charge < -0.3 is 19.4 Å². The Bertz CT molecular complexity index is 781. The van der Waals surface area contributed by atoms with E-state index in [0.29, 0.717) is 29.7 Å². The van der Waals surface area contributed by atoms with Crippen molar-refractivity contribution < 1.29 is 18.7 Å². The highest BCUT2D eigenvalue weighted by molar-refractivity contribution is 9.10. The maximum absolute atomic E-state index is 12.6. The van der Waals surface area contributed by atoms with Crippen LogP contribution in [0, 0.1) is 0 Å². The van der Waals surface area contributed by atoms with E-state index in [-0.39, 0.29) is 17.9 Å². The molecule has 1 aliphatic heterocycles. The number of hydrogen-bond donors (Lipinski definition) is 1. The largest absolute Gasteiger partial charge is 0.496 e. The molecule has 0 spiro atoms. The number of methoxy groups -OCH3 is 1. The van der Waals surface area contributed by atoms with Crippen molar-refractivity contribution in [3.8, 4) is 5.75 Å². The first kappa shape index (κ1) is 18.5. The molecule has 0 radical (unpaired) electrons. The van der Waals surface area contributed by atoms with Crippen molar-refractivity contribution in [1.82, 2.24) is 10.2 Å². The number of nitrogens with one attached hydrogen (secondary N) is 1. The zero-order chi connectivity index (χ0) is 18.5. The summed E-state index contributed by atoms with van der Waals surface area (Å²) in [4.78, 5) is 26.6. The summed E-state index contributed by atoms with van der Waals surface area (Å²) in [6.07, 6.45) is 3.22. The lowest BCUT2D eigenvalue weighted by molar-refractivity contribution is -0.131. The van der Waals surface area contributed by atoms with Crippen LogP contribution in [0.1, 0.15) is 28.8 Å². The summed E-state index contributed by atoms with van der Waals surface area (Å²) in [6, 6.07) is 9.26. The van der Waals surface area contributed by atoms with Gasteiger partial charge in [0.25, 0.3) is 5.91 Å². The van der Waals surface area contributed by atoms with Crippen molar-refractivity contribution in [2.45, 2.75) is 25.3 Å². The molecule has 0 saturated carbocycles. The van der Waals surface area contributed by atoms with Crippen LogP contribution in [0.2, 0.25) is 0 Å². The summed E-state index contributed by atoms with van der Waals surface area (Å²) < 4.78 is 10.9. The highest BCUT2D eigenvalue weighted by atomic mass is 79.9. The van der Waals surface area contributed by atoms with Gasteiger partial charge in [0.1, 0.15) is 12.0 Å². The molecule has 0 atom stereocenters. The van der Waals surface area contributed by atoms with Crippen molar-refractivity contribution >= 4 is 27.7 Å². The van der Waals surface area contributed by atoms with Gasteiger partial charge in [0.05, 0.1) is 19.1 Å². The van der Waals surface area contributed by atoms with Crippen LogP contribution in [0.4, 0.5) is 0 Å². The minimum Gasteiger partial charge on any atom is -0.496 e. The van der Waals surface area contributed by atoms with E-state index in [9.17, 15) is 9.59 Å². The van der Waals surface area contributed by atoms with Crippen molar-refractivity contribution in [3.63, 3.8) is 0 Å². The van der Waals surface area contributed by atoms with Crippen LogP contribution in [-0.2, 0) is 11.2 Å². The minimum absolute atomic E-state index is 0.0616. The fraction of sp³-hybridized carbons (Fsp3) is 0.368. The van der Waals surface area contributed by atoms with Crippen LogP contribution < -0.4 is 10.1 Å². The molecule has 1 saturated heterocycles. The number of furan rings is 1. The Labute approximate surface area is 160 Å². The van der Waals surface area contributed by atoms with E-state index in [1.807, 2.05) is 29.2 Å². The van der Waals surface area contributed by atoms with Crippen LogP contribution >= 0.6 is 15.9 Å².